The van der Waals surface area contributed by atoms with E-state index in [0.717, 1.165) is 10.9 Å². The molecule has 0 atom stereocenters. The average Bonchev–Trinajstić information content (AvgIpc) is 2.43. The van der Waals surface area contributed by atoms with Crippen LogP contribution in [0.25, 0.3) is 11.0 Å². The van der Waals surface area contributed by atoms with Gasteiger partial charge in [0, 0.05) is 0 Å². The molecule has 0 aliphatic heterocycles. The lowest BCUT2D eigenvalue weighted by Gasteiger charge is -2.01. The van der Waals surface area contributed by atoms with E-state index in [1.165, 1.54) is 0 Å². The molecule has 2 heterocycles. The number of nitrogens with two attached hydrogens (primary N) is 2. The van der Waals surface area contributed by atoms with Gasteiger partial charge in [-0.05, 0) is 12.5 Å². The zero-order chi connectivity index (χ0) is 9.59. The van der Waals surface area contributed by atoms with Crippen molar-refractivity contribution in [3.05, 3.63) is 10.6 Å². The minimum Gasteiger partial charge on any atom is -0.384 e. The number of rotatable bonds is 0. The van der Waals surface area contributed by atoms with E-state index in [0.29, 0.717) is 16.5 Å². The third-order valence-corrected chi connectivity index (χ3v) is 2.41. The Kier molecular flexibility index (Phi) is 1.56. The zero-order valence-corrected chi connectivity index (χ0v) is 7.68. The zero-order valence-electron chi connectivity index (χ0n) is 6.93. The molecule has 5 nitrogen and oxygen atoms in total. The maximum atomic E-state index is 5.90. The summed E-state index contributed by atoms with van der Waals surface area (Å²) >= 11 is 5.90. The number of H-pyrrole nitrogens is 1. The fraction of sp³-hybridized carbons (Fsp3) is 0.143. The summed E-state index contributed by atoms with van der Waals surface area (Å²) in [5.41, 5.74) is 12.5. The summed E-state index contributed by atoms with van der Waals surface area (Å²) in [6.45, 7) is 1.83. The molecule has 0 aromatic carbocycles. The first-order valence-electron chi connectivity index (χ1n) is 3.66. The lowest BCUT2D eigenvalue weighted by Crippen LogP contribution is -1.95. The second-order valence-electron chi connectivity index (χ2n) is 2.77. The number of nitrogens with one attached hydrogen (secondary N) is 1. The third kappa shape index (κ3) is 1.01. The van der Waals surface area contributed by atoms with Crippen LogP contribution in [-0.4, -0.2) is 15.2 Å². The van der Waals surface area contributed by atoms with Crippen molar-refractivity contribution in [2.45, 2.75) is 6.92 Å². The van der Waals surface area contributed by atoms with Gasteiger partial charge in [-0.3, -0.25) is 5.10 Å². The first-order valence-corrected chi connectivity index (χ1v) is 4.04. The summed E-state index contributed by atoms with van der Waals surface area (Å²) in [6, 6.07) is 0. The fourth-order valence-corrected chi connectivity index (χ4v) is 1.40. The van der Waals surface area contributed by atoms with Gasteiger partial charge in [0.25, 0.3) is 0 Å². The molecule has 2 aromatic rings. The molecule has 0 amide bonds. The predicted molar refractivity (Wildman–Crippen MR) is 52.5 cm³/mol. The van der Waals surface area contributed by atoms with E-state index in [1.54, 1.807) is 0 Å². The van der Waals surface area contributed by atoms with Crippen LogP contribution >= 0.6 is 11.6 Å². The van der Waals surface area contributed by atoms with Gasteiger partial charge >= 0.3 is 0 Å². The van der Waals surface area contributed by atoms with Crippen molar-refractivity contribution in [2.75, 3.05) is 11.5 Å². The van der Waals surface area contributed by atoms with Crippen LogP contribution in [0.3, 0.4) is 0 Å². The molecule has 0 saturated carbocycles. The van der Waals surface area contributed by atoms with Crippen LogP contribution in [0.5, 0.6) is 0 Å². The van der Waals surface area contributed by atoms with Gasteiger partial charge in [-0.15, -0.1) is 0 Å². The van der Waals surface area contributed by atoms with Crippen LogP contribution in [-0.2, 0) is 0 Å². The number of hydrogen-bond donors (Lipinski definition) is 3. The number of halogens is 1. The first kappa shape index (κ1) is 8.12. The van der Waals surface area contributed by atoms with E-state index in [4.69, 9.17) is 23.1 Å². The molecule has 0 spiro atoms. The standard InChI is InChI=1S/C7H8ClN5/c1-2-3-5(9)12-13-7(3)11-6(10)4(2)8/h1H3,(H5,9,10,11,12,13). The predicted octanol–water partition coefficient (Wildman–Crippen LogP) is 1.08. The summed E-state index contributed by atoms with van der Waals surface area (Å²) < 4.78 is 0. The molecule has 0 saturated heterocycles. The van der Waals surface area contributed by atoms with Crippen molar-refractivity contribution in [3.63, 3.8) is 0 Å². The number of anilines is 2. The number of aromatic amines is 1. The summed E-state index contributed by atoms with van der Waals surface area (Å²) in [5.74, 6) is 0.736. The number of nitrogen functional groups attached to an aromatic ring is 2. The van der Waals surface area contributed by atoms with Gasteiger partial charge in [-0.1, -0.05) is 11.6 Å². The Morgan fingerprint density at radius 2 is 2.08 bits per heavy atom. The topological polar surface area (TPSA) is 93.6 Å². The van der Waals surface area contributed by atoms with E-state index in [9.17, 15) is 0 Å². The molecule has 0 bridgehead atoms. The molecule has 5 N–H and O–H groups in total. The average molecular weight is 198 g/mol. The molecule has 0 fully saturated rings. The highest BCUT2D eigenvalue weighted by molar-refractivity contribution is 6.34. The Balaban J connectivity index is 2.97. The normalized spacial score (nSPS) is 10.9. The lowest BCUT2D eigenvalue weighted by atomic mass is 10.2. The van der Waals surface area contributed by atoms with Gasteiger partial charge in [0.05, 0.1) is 10.4 Å². The van der Waals surface area contributed by atoms with Crippen LogP contribution in [0.2, 0.25) is 5.02 Å². The number of aromatic nitrogens is 3. The smallest absolute Gasteiger partial charge is 0.185 e. The summed E-state index contributed by atoms with van der Waals surface area (Å²) in [7, 11) is 0. The molecule has 0 aliphatic carbocycles. The number of pyridine rings is 1. The van der Waals surface area contributed by atoms with Crippen LogP contribution in [0, 0.1) is 6.92 Å². The van der Waals surface area contributed by atoms with Crippen LogP contribution in [0.15, 0.2) is 0 Å². The van der Waals surface area contributed by atoms with Crippen molar-refractivity contribution in [3.8, 4) is 0 Å². The van der Waals surface area contributed by atoms with Gasteiger partial charge in [0.1, 0.15) is 11.6 Å². The van der Waals surface area contributed by atoms with Crippen molar-refractivity contribution in [1.82, 2.24) is 15.2 Å². The van der Waals surface area contributed by atoms with Crippen molar-refractivity contribution in [1.29, 1.82) is 0 Å². The minimum atomic E-state index is 0.276. The van der Waals surface area contributed by atoms with Crippen LogP contribution in [0.4, 0.5) is 11.6 Å². The summed E-state index contributed by atoms with van der Waals surface area (Å²) in [4.78, 5) is 3.98. The molecule has 0 aliphatic rings. The number of hydrogen-bond acceptors (Lipinski definition) is 4. The maximum absolute atomic E-state index is 5.90. The first-order chi connectivity index (χ1) is 6.11. The Hall–Kier alpha value is -1.49. The maximum Gasteiger partial charge on any atom is 0.185 e. The monoisotopic (exact) mass is 197 g/mol. The van der Waals surface area contributed by atoms with Crippen molar-refractivity contribution < 1.29 is 0 Å². The van der Waals surface area contributed by atoms with E-state index in [-0.39, 0.29) is 5.82 Å². The van der Waals surface area contributed by atoms with E-state index >= 15 is 0 Å². The Labute approximate surface area is 79.1 Å². The van der Waals surface area contributed by atoms with Gasteiger partial charge in [-0.25, -0.2) is 4.98 Å². The molecular formula is C7H8ClN5. The van der Waals surface area contributed by atoms with Gasteiger partial charge < -0.3 is 11.5 Å². The molecule has 0 unspecified atom stereocenters. The third-order valence-electron chi connectivity index (χ3n) is 1.93. The summed E-state index contributed by atoms with van der Waals surface area (Å²) in [5, 5.41) is 7.67. The van der Waals surface area contributed by atoms with Crippen molar-refractivity contribution in [2.24, 2.45) is 0 Å². The molecule has 6 heteroatoms. The second kappa shape index (κ2) is 2.50. The highest BCUT2D eigenvalue weighted by Crippen LogP contribution is 2.29. The van der Waals surface area contributed by atoms with E-state index < -0.39 is 0 Å². The quantitative estimate of drug-likeness (QED) is 0.589. The second-order valence-corrected chi connectivity index (χ2v) is 3.15. The number of fused-ring (bicyclic) bond motifs is 1. The van der Waals surface area contributed by atoms with Gasteiger partial charge in [0.15, 0.2) is 5.65 Å². The van der Waals surface area contributed by atoms with E-state index in [1.807, 2.05) is 6.92 Å². The molecule has 68 valence electrons. The van der Waals surface area contributed by atoms with Gasteiger partial charge in [-0.2, -0.15) is 5.10 Å². The Bertz CT molecular complexity index is 475. The Morgan fingerprint density at radius 3 is 2.77 bits per heavy atom. The Morgan fingerprint density at radius 1 is 1.38 bits per heavy atom. The molecular weight excluding hydrogens is 190 g/mol. The fourth-order valence-electron chi connectivity index (χ4n) is 1.26. The minimum absolute atomic E-state index is 0.276. The number of nitrogens with zero attached hydrogens (tertiary/aromatic N) is 2. The summed E-state index contributed by atoms with van der Waals surface area (Å²) in [6.07, 6.45) is 0. The molecule has 13 heavy (non-hydrogen) atoms. The van der Waals surface area contributed by atoms with Crippen molar-refractivity contribution >= 4 is 34.3 Å². The van der Waals surface area contributed by atoms with E-state index in [2.05, 4.69) is 15.2 Å². The molecule has 0 radical (unpaired) electrons. The van der Waals surface area contributed by atoms with Crippen LogP contribution < -0.4 is 11.5 Å². The highest BCUT2D eigenvalue weighted by Gasteiger charge is 2.12. The van der Waals surface area contributed by atoms with Crippen LogP contribution in [0.1, 0.15) is 5.56 Å². The highest BCUT2D eigenvalue weighted by atomic mass is 35.5. The lowest BCUT2D eigenvalue weighted by molar-refractivity contribution is 1.11. The SMILES string of the molecule is Cc1c(Cl)c(N)nc2n[nH]c(N)c12. The number of aryl methyl sites for hydroxylation is 1. The largest absolute Gasteiger partial charge is 0.384 e. The molecule has 2 aromatic heterocycles. The van der Waals surface area contributed by atoms with Gasteiger partial charge in [0.2, 0.25) is 0 Å². The molecule has 2 rings (SSSR count).